The predicted molar refractivity (Wildman–Crippen MR) is 105 cm³/mol. The molecule has 9 heteroatoms. The van der Waals surface area contributed by atoms with Gasteiger partial charge in [-0.1, -0.05) is 31.5 Å². The average molecular weight is 384 g/mol. The van der Waals surface area contributed by atoms with Crippen LogP contribution in [0.1, 0.15) is 25.5 Å². The van der Waals surface area contributed by atoms with Gasteiger partial charge in [-0.3, -0.25) is 4.90 Å². The first-order chi connectivity index (χ1) is 12.2. The smallest absolute Gasteiger partial charge is 0.271 e. The molecule has 1 heterocycles. The van der Waals surface area contributed by atoms with Gasteiger partial charge in [0.25, 0.3) is 10.2 Å². The molecule has 0 amide bonds. The van der Waals surface area contributed by atoms with E-state index < -0.39 is 10.2 Å². The van der Waals surface area contributed by atoms with Gasteiger partial charge in [0.2, 0.25) is 5.88 Å². The van der Waals surface area contributed by atoms with E-state index in [4.69, 9.17) is 10.5 Å². The van der Waals surface area contributed by atoms with Crippen LogP contribution >= 0.6 is 0 Å². The molecule has 0 unspecified atom stereocenters. The van der Waals surface area contributed by atoms with Gasteiger partial charge in [0.1, 0.15) is 6.61 Å². The normalized spacial score (nSPS) is 11.3. The summed E-state index contributed by atoms with van der Waals surface area (Å²) in [6, 6.07) is 10.4. The van der Waals surface area contributed by atoms with Gasteiger partial charge < -0.3 is 10.5 Å². The average Bonchev–Trinajstić information content (AvgIpc) is 2.58. The van der Waals surface area contributed by atoms with Gasteiger partial charge >= 0.3 is 0 Å². The quantitative estimate of drug-likeness (QED) is 0.580. The van der Waals surface area contributed by atoms with Crippen molar-refractivity contribution in [2.75, 3.05) is 26.9 Å². The minimum atomic E-state index is -3.67. The molecule has 6 N–H and O–H groups in total. The van der Waals surface area contributed by atoms with Gasteiger partial charge in [0.05, 0.1) is 0 Å². The SMILES string of the molecule is CCCCc1cc2ccccc2c(OCCN(C)CN)n1.NS(N)(=O)=O. The van der Waals surface area contributed by atoms with Crippen LogP contribution in [0.15, 0.2) is 30.3 Å². The summed E-state index contributed by atoms with van der Waals surface area (Å²) >= 11 is 0. The largest absolute Gasteiger partial charge is 0.476 e. The summed E-state index contributed by atoms with van der Waals surface area (Å²) < 4.78 is 24.3. The van der Waals surface area contributed by atoms with Crippen LogP contribution in [-0.4, -0.2) is 45.2 Å². The molecule has 1 aromatic heterocycles. The lowest BCUT2D eigenvalue weighted by Gasteiger charge is -2.15. The van der Waals surface area contributed by atoms with Crippen LogP contribution in [0.2, 0.25) is 0 Å². The van der Waals surface area contributed by atoms with Crippen molar-refractivity contribution in [1.82, 2.24) is 9.88 Å². The lowest BCUT2D eigenvalue weighted by Crippen LogP contribution is -2.29. The van der Waals surface area contributed by atoms with Crippen molar-refractivity contribution in [3.63, 3.8) is 0 Å². The van der Waals surface area contributed by atoms with E-state index in [1.165, 1.54) is 11.8 Å². The van der Waals surface area contributed by atoms with Crippen molar-refractivity contribution >= 4 is 21.0 Å². The lowest BCUT2D eigenvalue weighted by atomic mass is 10.1. The Morgan fingerprint density at radius 1 is 1.23 bits per heavy atom. The lowest BCUT2D eigenvalue weighted by molar-refractivity contribution is 0.236. The van der Waals surface area contributed by atoms with Crippen LogP contribution in [0, 0.1) is 0 Å². The fourth-order valence-electron chi connectivity index (χ4n) is 2.21. The molecule has 2 rings (SSSR count). The van der Waals surface area contributed by atoms with Crippen LogP contribution in [-0.2, 0) is 16.6 Å². The van der Waals surface area contributed by atoms with E-state index in [1.807, 2.05) is 18.0 Å². The first-order valence-corrected chi connectivity index (χ1v) is 10.1. The summed E-state index contributed by atoms with van der Waals surface area (Å²) in [7, 11) is -1.69. The minimum Gasteiger partial charge on any atom is -0.476 e. The van der Waals surface area contributed by atoms with Crippen molar-refractivity contribution in [2.45, 2.75) is 26.2 Å². The molecule has 26 heavy (non-hydrogen) atoms. The molecule has 0 aliphatic heterocycles. The standard InChI is InChI=1S/C17H25N3O.H4N2O2S/c1-3-4-8-15-12-14-7-5-6-9-16(14)17(19-15)21-11-10-20(2)13-18;1-5(2,3)4/h5-7,9,12H,3-4,8,10-11,13,18H2,1-2H3;(H4,1,2,3,4). The number of fused-ring (bicyclic) bond motifs is 1. The minimum absolute atomic E-state index is 0.536. The Labute approximate surface area is 155 Å². The van der Waals surface area contributed by atoms with Crippen LogP contribution in [0.3, 0.4) is 0 Å². The number of pyridine rings is 1. The highest BCUT2D eigenvalue weighted by Crippen LogP contribution is 2.25. The van der Waals surface area contributed by atoms with Crippen molar-refractivity contribution in [2.24, 2.45) is 16.0 Å². The van der Waals surface area contributed by atoms with E-state index in [0.717, 1.165) is 36.3 Å². The number of aryl methyl sites for hydroxylation is 1. The second-order valence-corrected chi connectivity index (χ2v) is 7.12. The van der Waals surface area contributed by atoms with E-state index in [9.17, 15) is 8.42 Å². The number of aromatic nitrogens is 1. The zero-order chi connectivity index (χ0) is 19.6. The summed E-state index contributed by atoms with van der Waals surface area (Å²) in [4.78, 5) is 6.71. The Kier molecular flexibility index (Phi) is 9.46. The molecule has 0 spiro atoms. The number of likely N-dealkylation sites (N-methyl/N-ethyl adjacent to an activating group) is 1. The van der Waals surface area contributed by atoms with Gasteiger partial charge in [-0.15, -0.1) is 0 Å². The van der Waals surface area contributed by atoms with Gasteiger partial charge in [0, 0.05) is 24.3 Å². The highest BCUT2D eigenvalue weighted by molar-refractivity contribution is 7.86. The fraction of sp³-hybridized carbons (Fsp3) is 0.471. The number of benzene rings is 1. The Morgan fingerprint density at radius 2 is 1.88 bits per heavy atom. The van der Waals surface area contributed by atoms with Gasteiger partial charge in [-0.05, 0) is 37.4 Å². The Hall–Kier alpha value is -1.78. The highest BCUT2D eigenvalue weighted by Gasteiger charge is 2.07. The van der Waals surface area contributed by atoms with Gasteiger partial charge in [-0.25, -0.2) is 15.3 Å². The molecule has 0 aliphatic carbocycles. The van der Waals surface area contributed by atoms with Crippen molar-refractivity contribution in [1.29, 1.82) is 0 Å². The van der Waals surface area contributed by atoms with Gasteiger partial charge in [0.15, 0.2) is 0 Å². The highest BCUT2D eigenvalue weighted by atomic mass is 32.2. The summed E-state index contributed by atoms with van der Waals surface area (Å²) in [5.74, 6) is 0.740. The molecule has 0 saturated heterocycles. The fourth-order valence-corrected chi connectivity index (χ4v) is 2.21. The van der Waals surface area contributed by atoms with Gasteiger partial charge in [-0.2, -0.15) is 8.42 Å². The molecular formula is C17H29N5O3S. The topological polar surface area (TPSA) is 138 Å². The molecular weight excluding hydrogens is 354 g/mol. The second-order valence-electron chi connectivity index (χ2n) is 5.94. The second kappa shape index (κ2) is 11.0. The van der Waals surface area contributed by atoms with E-state index in [1.54, 1.807) is 0 Å². The zero-order valence-corrected chi connectivity index (χ0v) is 16.2. The number of ether oxygens (including phenoxy) is 1. The molecule has 0 saturated carbocycles. The van der Waals surface area contributed by atoms with Crippen LogP contribution in [0.4, 0.5) is 0 Å². The number of nitrogens with two attached hydrogens (primary N) is 3. The summed E-state index contributed by atoms with van der Waals surface area (Å²) in [6.45, 7) is 4.13. The maximum Gasteiger partial charge on any atom is 0.271 e. The van der Waals surface area contributed by atoms with Crippen LogP contribution in [0.25, 0.3) is 10.8 Å². The molecule has 8 nitrogen and oxygen atoms in total. The molecule has 0 atom stereocenters. The summed E-state index contributed by atoms with van der Waals surface area (Å²) in [5.41, 5.74) is 6.68. The zero-order valence-electron chi connectivity index (χ0n) is 15.4. The van der Waals surface area contributed by atoms with Crippen LogP contribution < -0.4 is 20.7 Å². The summed E-state index contributed by atoms with van der Waals surface area (Å²) in [5, 5.41) is 10.5. The Bertz CT molecular complexity index is 775. The first-order valence-electron chi connectivity index (χ1n) is 8.45. The third-order valence-electron chi connectivity index (χ3n) is 3.57. The third-order valence-corrected chi connectivity index (χ3v) is 3.57. The van der Waals surface area contributed by atoms with E-state index in [-0.39, 0.29) is 0 Å². The summed E-state index contributed by atoms with van der Waals surface area (Å²) in [6.07, 6.45) is 3.33. The monoisotopic (exact) mass is 383 g/mol. The molecule has 0 aliphatic rings. The number of unbranched alkanes of at least 4 members (excludes halogenated alkanes) is 1. The number of hydrogen-bond acceptors (Lipinski definition) is 6. The predicted octanol–water partition coefficient (Wildman–Crippen LogP) is 0.953. The maximum atomic E-state index is 9.19. The molecule has 146 valence electrons. The Balaban J connectivity index is 0.000000597. The molecule has 0 fully saturated rings. The molecule has 0 bridgehead atoms. The third kappa shape index (κ3) is 9.07. The van der Waals surface area contributed by atoms with Crippen molar-refractivity contribution in [3.05, 3.63) is 36.0 Å². The van der Waals surface area contributed by atoms with Crippen molar-refractivity contribution in [3.8, 4) is 5.88 Å². The van der Waals surface area contributed by atoms with E-state index in [2.05, 4.69) is 46.5 Å². The van der Waals surface area contributed by atoms with E-state index >= 15 is 0 Å². The van der Waals surface area contributed by atoms with E-state index in [0.29, 0.717) is 13.3 Å². The molecule has 0 radical (unpaired) electrons. The number of nitrogens with zero attached hydrogens (tertiary/aromatic N) is 2. The van der Waals surface area contributed by atoms with Crippen LogP contribution in [0.5, 0.6) is 5.88 Å². The van der Waals surface area contributed by atoms with Crippen molar-refractivity contribution < 1.29 is 13.2 Å². The Morgan fingerprint density at radius 3 is 2.50 bits per heavy atom. The molecule has 1 aromatic carbocycles. The first kappa shape index (κ1) is 22.3. The molecule has 2 aromatic rings. The number of rotatable bonds is 8. The maximum absolute atomic E-state index is 9.19. The number of hydrogen-bond donors (Lipinski definition) is 3.